The van der Waals surface area contributed by atoms with E-state index in [9.17, 15) is 18.0 Å². The van der Waals surface area contributed by atoms with Crippen molar-refractivity contribution in [3.63, 3.8) is 0 Å². The lowest BCUT2D eigenvalue weighted by Crippen LogP contribution is -2.40. The second-order valence-corrected chi connectivity index (χ2v) is 6.76. The van der Waals surface area contributed by atoms with E-state index < -0.39 is 11.7 Å². The van der Waals surface area contributed by atoms with Gasteiger partial charge in [0, 0.05) is 19.0 Å². The largest absolute Gasteiger partial charge is 0.416 e. The molecule has 0 spiro atoms. The van der Waals surface area contributed by atoms with E-state index in [-0.39, 0.29) is 11.8 Å². The molecule has 1 aliphatic carbocycles. The molecule has 0 radical (unpaired) electrons. The SMILES string of the molecule is O=C(C1CC1)N1CCC[C@H](CCc2ccccc2C(F)(F)F)C1. The Balaban J connectivity index is 1.59. The predicted molar refractivity (Wildman–Crippen MR) is 81.8 cm³/mol. The highest BCUT2D eigenvalue weighted by Gasteiger charge is 2.36. The Labute approximate surface area is 134 Å². The van der Waals surface area contributed by atoms with Gasteiger partial charge in [0.15, 0.2) is 0 Å². The predicted octanol–water partition coefficient (Wildman–Crippen LogP) is 4.29. The Bertz CT molecular complexity index is 566. The number of benzene rings is 1. The molecule has 0 aromatic heterocycles. The molecular formula is C18H22F3NO. The lowest BCUT2D eigenvalue weighted by atomic mass is 9.90. The summed E-state index contributed by atoms with van der Waals surface area (Å²) in [6.07, 6.45) is 0.801. The summed E-state index contributed by atoms with van der Waals surface area (Å²) in [5.41, 5.74) is -0.160. The molecule has 1 atom stereocenters. The molecule has 5 heteroatoms. The number of nitrogens with zero attached hydrogens (tertiary/aromatic N) is 1. The number of rotatable bonds is 4. The van der Waals surface area contributed by atoms with Crippen molar-refractivity contribution in [1.82, 2.24) is 4.90 Å². The summed E-state index contributed by atoms with van der Waals surface area (Å²) in [7, 11) is 0. The Morgan fingerprint density at radius 2 is 1.91 bits per heavy atom. The third kappa shape index (κ3) is 4.06. The van der Waals surface area contributed by atoms with Gasteiger partial charge in [0.2, 0.25) is 5.91 Å². The molecule has 1 heterocycles. The summed E-state index contributed by atoms with van der Waals surface area (Å²) in [6, 6.07) is 5.81. The zero-order valence-corrected chi connectivity index (χ0v) is 13.1. The lowest BCUT2D eigenvalue weighted by Gasteiger charge is -2.33. The first kappa shape index (κ1) is 16.3. The third-order valence-electron chi connectivity index (χ3n) is 4.90. The normalized spacial score (nSPS) is 22.2. The number of carbonyl (C=O) groups is 1. The van der Waals surface area contributed by atoms with Crippen LogP contribution in [0.4, 0.5) is 13.2 Å². The summed E-state index contributed by atoms with van der Waals surface area (Å²) in [5, 5.41) is 0. The standard InChI is InChI=1S/C18H22F3NO/c19-18(20,21)16-6-2-1-5-14(16)8-7-13-4-3-11-22(12-13)17(23)15-9-10-15/h1-2,5-6,13,15H,3-4,7-12H2/t13-/m1/s1. The van der Waals surface area contributed by atoms with Crippen molar-refractivity contribution in [2.24, 2.45) is 11.8 Å². The summed E-state index contributed by atoms with van der Waals surface area (Å²) in [6.45, 7) is 1.52. The zero-order valence-electron chi connectivity index (χ0n) is 13.1. The second-order valence-electron chi connectivity index (χ2n) is 6.76. The van der Waals surface area contributed by atoms with Crippen LogP contribution in [0.3, 0.4) is 0 Å². The molecular weight excluding hydrogens is 303 g/mol. The lowest BCUT2D eigenvalue weighted by molar-refractivity contribution is -0.138. The van der Waals surface area contributed by atoms with E-state index in [1.54, 1.807) is 12.1 Å². The van der Waals surface area contributed by atoms with Crippen LogP contribution in [0.5, 0.6) is 0 Å². The van der Waals surface area contributed by atoms with Crippen LogP contribution in [0.25, 0.3) is 0 Å². The smallest absolute Gasteiger partial charge is 0.342 e. The first-order valence-electron chi connectivity index (χ1n) is 8.39. The molecule has 1 aliphatic heterocycles. The molecule has 2 aliphatic rings. The van der Waals surface area contributed by atoms with E-state index in [0.29, 0.717) is 30.9 Å². The summed E-state index contributed by atoms with van der Waals surface area (Å²) < 4.78 is 39.1. The highest BCUT2D eigenvalue weighted by Crippen LogP contribution is 2.35. The minimum Gasteiger partial charge on any atom is -0.342 e. The molecule has 3 rings (SSSR count). The van der Waals surface area contributed by atoms with Gasteiger partial charge in [0.05, 0.1) is 5.56 Å². The number of hydrogen-bond donors (Lipinski definition) is 0. The van der Waals surface area contributed by atoms with Gasteiger partial charge in [-0.25, -0.2) is 0 Å². The molecule has 2 fully saturated rings. The first-order chi connectivity index (χ1) is 10.9. The van der Waals surface area contributed by atoms with E-state index in [1.165, 1.54) is 6.07 Å². The fourth-order valence-corrected chi connectivity index (χ4v) is 3.46. The van der Waals surface area contributed by atoms with E-state index in [4.69, 9.17) is 0 Å². The molecule has 1 saturated carbocycles. The monoisotopic (exact) mass is 325 g/mol. The van der Waals surface area contributed by atoms with Crippen molar-refractivity contribution in [3.05, 3.63) is 35.4 Å². The summed E-state index contributed by atoms with van der Waals surface area (Å²) in [4.78, 5) is 14.1. The van der Waals surface area contributed by atoms with Crippen LogP contribution in [0.15, 0.2) is 24.3 Å². The van der Waals surface area contributed by atoms with Crippen LogP contribution in [0.1, 0.15) is 43.2 Å². The van der Waals surface area contributed by atoms with Crippen molar-refractivity contribution in [3.8, 4) is 0 Å². The average Bonchev–Trinajstić information content (AvgIpc) is 3.37. The van der Waals surface area contributed by atoms with Crippen LogP contribution in [0.2, 0.25) is 0 Å². The zero-order chi connectivity index (χ0) is 16.4. The van der Waals surface area contributed by atoms with Gasteiger partial charge in [-0.2, -0.15) is 13.2 Å². The van der Waals surface area contributed by atoms with Gasteiger partial charge in [-0.3, -0.25) is 4.79 Å². The van der Waals surface area contributed by atoms with Gasteiger partial charge in [-0.1, -0.05) is 18.2 Å². The van der Waals surface area contributed by atoms with Crippen molar-refractivity contribution in [2.45, 2.75) is 44.7 Å². The Morgan fingerprint density at radius 1 is 1.17 bits per heavy atom. The molecule has 1 aromatic carbocycles. The number of alkyl halides is 3. The fourth-order valence-electron chi connectivity index (χ4n) is 3.46. The summed E-state index contributed by atoms with van der Waals surface area (Å²) in [5.74, 6) is 0.790. The Kier molecular flexibility index (Phi) is 4.64. The van der Waals surface area contributed by atoms with Crippen LogP contribution >= 0.6 is 0 Å². The summed E-state index contributed by atoms with van der Waals surface area (Å²) >= 11 is 0. The maximum atomic E-state index is 13.0. The molecule has 23 heavy (non-hydrogen) atoms. The number of hydrogen-bond acceptors (Lipinski definition) is 1. The van der Waals surface area contributed by atoms with Crippen molar-refractivity contribution < 1.29 is 18.0 Å². The van der Waals surface area contributed by atoms with Gasteiger partial charge in [-0.05, 0) is 56.1 Å². The first-order valence-corrected chi connectivity index (χ1v) is 8.39. The molecule has 1 saturated heterocycles. The van der Waals surface area contributed by atoms with E-state index in [2.05, 4.69) is 0 Å². The van der Waals surface area contributed by atoms with Crippen LogP contribution in [0, 0.1) is 11.8 Å². The van der Waals surface area contributed by atoms with E-state index in [0.717, 1.165) is 38.3 Å². The van der Waals surface area contributed by atoms with E-state index in [1.807, 2.05) is 4.90 Å². The van der Waals surface area contributed by atoms with Gasteiger partial charge in [-0.15, -0.1) is 0 Å². The number of amides is 1. The van der Waals surface area contributed by atoms with Crippen LogP contribution in [-0.2, 0) is 17.4 Å². The highest BCUT2D eigenvalue weighted by atomic mass is 19.4. The minimum absolute atomic E-state index is 0.222. The molecule has 1 aromatic rings. The number of piperidine rings is 1. The number of likely N-dealkylation sites (tertiary alicyclic amines) is 1. The number of carbonyl (C=O) groups excluding carboxylic acids is 1. The minimum atomic E-state index is -4.29. The number of halogens is 3. The maximum absolute atomic E-state index is 13.0. The molecule has 2 nitrogen and oxygen atoms in total. The van der Waals surface area contributed by atoms with Gasteiger partial charge in [0.25, 0.3) is 0 Å². The van der Waals surface area contributed by atoms with Crippen LogP contribution < -0.4 is 0 Å². The molecule has 0 unspecified atom stereocenters. The quantitative estimate of drug-likeness (QED) is 0.809. The molecule has 126 valence electrons. The molecule has 0 bridgehead atoms. The van der Waals surface area contributed by atoms with Crippen molar-refractivity contribution in [1.29, 1.82) is 0 Å². The average molecular weight is 325 g/mol. The Morgan fingerprint density at radius 3 is 2.61 bits per heavy atom. The van der Waals surface area contributed by atoms with Crippen molar-refractivity contribution in [2.75, 3.05) is 13.1 Å². The Hall–Kier alpha value is -1.52. The van der Waals surface area contributed by atoms with Gasteiger partial charge in [0.1, 0.15) is 0 Å². The van der Waals surface area contributed by atoms with E-state index >= 15 is 0 Å². The van der Waals surface area contributed by atoms with Crippen LogP contribution in [-0.4, -0.2) is 23.9 Å². The molecule has 0 N–H and O–H groups in total. The molecule has 1 amide bonds. The second kappa shape index (κ2) is 6.54. The third-order valence-corrected chi connectivity index (χ3v) is 4.90. The highest BCUT2D eigenvalue weighted by molar-refractivity contribution is 5.81. The van der Waals surface area contributed by atoms with Gasteiger partial charge >= 0.3 is 6.18 Å². The van der Waals surface area contributed by atoms with Gasteiger partial charge < -0.3 is 4.90 Å². The maximum Gasteiger partial charge on any atom is 0.416 e. The topological polar surface area (TPSA) is 20.3 Å². The fraction of sp³-hybridized carbons (Fsp3) is 0.611. The number of aryl methyl sites for hydroxylation is 1. The van der Waals surface area contributed by atoms with Crippen molar-refractivity contribution >= 4 is 5.91 Å².